The van der Waals surface area contributed by atoms with Gasteiger partial charge in [-0.1, -0.05) is 12.5 Å². The van der Waals surface area contributed by atoms with E-state index >= 15 is 0 Å². The normalized spacial score (nSPS) is 20.4. The molecule has 3 aromatic rings. The van der Waals surface area contributed by atoms with E-state index in [9.17, 15) is 4.79 Å². The lowest BCUT2D eigenvalue weighted by Crippen LogP contribution is -2.44. The van der Waals surface area contributed by atoms with Crippen LogP contribution in [0, 0.1) is 0 Å². The van der Waals surface area contributed by atoms with Gasteiger partial charge in [-0.2, -0.15) is 0 Å². The van der Waals surface area contributed by atoms with Crippen LogP contribution >= 0.6 is 0 Å². The number of carbonyl (C=O) groups is 1. The molecule has 6 rings (SSSR count). The molecule has 158 valence electrons. The Morgan fingerprint density at radius 2 is 1.68 bits per heavy atom. The number of rotatable bonds is 2. The fraction of sp³-hybridized carbons (Fsp3) is 0.400. The average Bonchev–Trinajstić information content (AvgIpc) is 3.02. The van der Waals surface area contributed by atoms with Gasteiger partial charge in [-0.3, -0.25) is 9.78 Å². The first kappa shape index (κ1) is 18.8. The van der Waals surface area contributed by atoms with Gasteiger partial charge in [-0.05, 0) is 49.7 Å². The molecule has 3 aliphatic rings. The monoisotopic (exact) mass is 413 g/mol. The molecule has 4 heterocycles. The topological polar surface area (TPSA) is 52.6 Å². The van der Waals surface area contributed by atoms with Gasteiger partial charge in [0.2, 0.25) is 5.91 Å². The van der Waals surface area contributed by atoms with Crippen LogP contribution in [0.5, 0.6) is 0 Å². The SMILES string of the molecule is CN1CCN(c2ccc(-c3ccc4ncc5c(c4c3)C3(CCC3)C(=O)N5C)cn2)CC1. The van der Waals surface area contributed by atoms with Gasteiger partial charge in [0.25, 0.3) is 0 Å². The third kappa shape index (κ3) is 2.71. The van der Waals surface area contributed by atoms with Gasteiger partial charge in [0, 0.05) is 55.9 Å². The molecular weight excluding hydrogens is 386 g/mol. The van der Waals surface area contributed by atoms with E-state index in [1.165, 1.54) is 5.56 Å². The number of anilines is 2. The zero-order valence-corrected chi connectivity index (χ0v) is 18.1. The number of nitrogens with zero attached hydrogens (tertiary/aromatic N) is 5. The number of amides is 1. The van der Waals surface area contributed by atoms with Crippen LogP contribution in [0.1, 0.15) is 24.8 Å². The van der Waals surface area contributed by atoms with Gasteiger partial charge in [0.1, 0.15) is 5.82 Å². The lowest BCUT2D eigenvalue weighted by atomic mass is 9.64. The standard InChI is InChI=1S/C25H27N5O/c1-28-10-12-30(13-11-28)22-7-5-18(15-27-22)17-4-6-20-19(14-17)23-21(16-26-20)29(2)24(31)25(23)8-3-9-25/h4-7,14-16H,3,8-13H2,1-2H3. The molecule has 1 aliphatic carbocycles. The molecule has 0 atom stereocenters. The number of fused-ring (bicyclic) bond motifs is 4. The highest BCUT2D eigenvalue weighted by atomic mass is 16.2. The van der Waals surface area contributed by atoms with E-state index in [0.29, 0.717) is 0 Å². The number of hydrogen-bond donors (Lipinski definition) is 0. The van der Waals surface area contributed by atoms with Crippen LogP contribution in [-0.2, 0) is 10.2 Å². The summed E-state index contributed by atoms with van der Waals surface area (Å²) in [6.45, 7) is 4.17. The molecule has 1 spiro atoms. The highest BCUT2D eigenvalue weighted by Crippen LogP contribution is 2.55. The van der Waals surface area contributed by atoms with Gasteiger partial charge < -0.3 is 14.7 Å². The molecule has 0 bridgehead atoms. The van der Waals surface area contributed by atoms with Crippen molar-refractivity contribution in [1.82, 2.24) is 14.9 Å². The van der Waals surface area contributed by atoms with Crippen LogP contribution in [-0.4, -0.2) is 61.0 Å². The summed E-state index contributed by atoms with van der Waals surface area (Å²) in [5.41, 5.74) is 4.99. The van der Waals surface area contributed by atoms with Crippen molar-refractivity contribution in [1.29, 1.82) is 0 Å². The van der Waals surface area contributed by atoms with E-state index < -0.39 is 0 Å². The minimum Gasteiger partial charge on any atom is -0.354 e. The molecular formula is C25H27N5O. The predicted octanol–water partition coefficient (Wildman–Crippen LogP) is 3.45. The summed E-state index contributed by atoms with van der Waals surface area (Å²) in [5, 5.41) is 1.11. The summed E-state index contributed by atoms with van der Waals surface area (Å²) in [7, 11) is 4.05. The Labute approximate surface area is 182 Å². The number of piperazine rings is 1. The van der Waals surface area contributed by atoms with Crippen LogP contribution < -0.4 is 9.80 Å². The van der Waals surface area contributed by atoms with Crippen molar-refractivity contribution in [3.8, 4) is 11.1 Å². The smallest absolute Gasteiger partial charge is 0.237 e. The van der Waals surface area contributed by atoms with E-state index in [4.69, 9.17) is 4.98 Å². The Morgan fingerprint density at radius 1 is 0.903 bits per heavy atom. The number of benzene rings is 1. The molecule has 0 unspecified atom stereocenters. The number of likely N-dealkylation sites (N-methyl/N-ethyl adjacent to an activating group) is 2. The summed E-state index contributed by atoms with van der Waals surface area (Å²) in [6, 6.07) is 10.7. The zero-order valence-electron chi connectivity index (χ0n) is 18.1. The summed E-state index contributed by atoms with van der Waals surface area (Å²) in [4.78, 5) is 29.0. The van der Waals surface area contributed by atoms with Gasteiger partial charge in [0.15, 0.2) is 0 Å². The van der Waals surface area contributed by atoms with E-state index in [-0.39, 0.29) is 11.3 Å². The lowest BCUT2D eigenvalue weighted by Gasteiger charge is -2.37. The third-order valence-corrected chi connectivity index (χ3v) is 7.52. The maximum absolute atomic E-state index is 13.1. The molecule has 2 fully saturated rings. The van der Waals surface area contributed by atoms with E-state index in [2.05, 4.69) is 52.2 Å². The van der Waals surface area contributed by atoms with Crippen LogP contribution in [0.25, 0.3) is 22.0 Å². The molecule has 0 radical (unpaired) electrons. The van der Waals surface area contributed by atoms with Crippen molar-refractivity contribution in [2.24, 2.45) is 0 Å². The minimum atomic E-state index is -0.340. The molecule has 1 saturated heterocycles. The van der Waals surface area contributed by atoms with Crippen LogP contribution in [0.3, 0.4) is 0 Å². The largest absolute Gasteiger partial charge is 0.354 e. The molecule has 31 heavy (non-hydrogen) atoms. The molecule has 2 aromatic heterocycles. The zero-order chi connectivity index (χ0) is 21.2. The lowest BCUT2D eigenvalue weighted by molar-refractivity contribution is -0.125. The first-order chi connectivity index (χ1) is 15.1. The second-order valence-electron chi connectivity index (χ2n) is 9.25. The molecule has 0 N–H and O–H groups in total. The van der Waals surface area contributed by atoms with Crippen molar-refractivity contribution in [2.45, 2.75) is 24.7 Å². The van der Waals surface area contributed by atoms with Gasteiger partial charge in [-0.15, -0.1) is 0 Å². The molecule has 1 saturated carbocycles. The van der Waals surface area contributed by atoms with Crippen LogP contribution in [0.4, 0.5) is 11.5 Å². The van der Waals surface area contributed by atoms with Gasteiger partial charge in [-0.25, -0.2) is 4.98 Å². The molecule has 6 heteroatoms. The maximum Gasteiger partial charge on any atom is 0.237 e. The second-order valence-corrected chi connectivity index (χ2v) is 9.25. The van der Waals surface area contributed by atoms with Crippen molar-refractivity contribution in [2.75, 3.05) is 50.1 Å². The Balaban J connectivity index is 1.39. The average molecular weight is 414 g/mol. The minimum absolute atomic E-state index is 0.228. The van der Waals surface area contributed by atoms with E-state index in [1.54, 1.807) is 4.90 Å². The highest BCUT2D eigenvalue weighted by Gasteiger charge is 2.54. The Hall–Kier alpha value is -2.99. The molecule has 1 aromatic carbocycles. The Bertz CT molecular complexity index is 1180. The first-order valence-corrected chi connectivity index (χ1v) is 11.2. The van der Waals surface area contributed by atoms with E-state index in [1.807, 2.05) is 19.4 Å². The molecule has 6 nitrogen and oxygen atoms in total. The fourth-order valence-corrected chi connectivity index (χ4v) is 5.43. The quantitative estimate of drug-likeness (QED) is 0.644. The molecule has 1 amide bonds. The van der Waals surface area contributed by atoms with Crippen molar-refractivity contribution >= 4 is 28.3 Å². The summed E-state index contributed by atoms with van der Waals surface area (Å²) in [6.07, 6.45) is 6.83. The number of hydrogen-bond acceptors (Lipinski definition) is 5. The number of carbonyl (C=O) groups excluding carboxylic acids is 1. The number of aromatic nitrogens is 2. The van der Waals surface area contributed by atoms with Crippen LogP contribution in [0.15, 0.2) is 42.7 Å². The van der Waals surface area contributed by atoms with Crippen LogP contribution in [0.2, 0.25) is 0 Å². The first-order valence-electron chi connectivity index (χ1n) is 11.2. The van der Waals surface area contributed by atoms with Crippen molar-refractivity contribution < 1.29 is 4.79 Å². The van der Waals surface area contributed by atoms with Crippen molar-refractivity contribution in [3.05, 3.63) is 48.3 Å². The van der Waals surface area contributed by atoms with Gasteiger partial charge >= 0.3 is 0 Å². The summed E-state index contributed by atoms with van der Waals surface area (Å²) < 4.78 is 0. The maximum atomic E-state index is 13.1. The summed E-state index contributed by atoms with van der Waals surface area (Å²) in [5.74, 6) is 1.27. The number of pyridine rings is 2. The molecule has 2 aliphatic heterocycles. The van der Waals surface area contributed by atoms with Crippen molar-refractivity contribution in [3.63, 3.8) is 0 Å². The highest BCUT2D eigenvalue weighted by molar-refractivity contribution is 6.13. The predicted molar refractivity (Wildman–Crippen MR) is 124 cm³/mol. The van der Waals surface area contributed by atoms with Gasteiger partial charge in [0.05, 0.1) is 22.8 Å². The fourth-order valence-electron chi connectivity index (χ4n) is 5.43. The Kier molecular flexibility index (Phi) is 4.09. The summed E-state index contributed by atoms with van der Waals surface area (Å²) >= 11 is 0. The Morgan fingerprint density at radius 3 is 2.35 bits per heavy atom. The third-order valence-electron chi connectivity index (χ3n) is 7.52. The van der Waals surface area contributed by atoms with E-state index in [0.717, 1.165) is 79.0 Å². The second kappa shape index (κ2) is 6.76.